The van der Waals surface area contributed by atoms with Crippen molar-refractivity contribution in [3.63, 3.8) is 0 Å². The summed E-state index contributed by atoms with van der Waals surface area (Å²) >= 11 is 0. The fourth-order valence-corrected chi connectivity index (χ4v) is 3.58. The molecule has 206 valence electrons. The first kappa shape index (κ1) is 29.3. The van der Waals surface area contributed by atoms with Gasteiger partial charge in [0.2, 0.25) is 0 Å². The average molecular weight is 534 g/mol. The van der Waals surface area contributed by atoms with E-state index in [9.17, 15) is 4.79 Å². The number of ether oxygens (including phenoxy) is 4. The number of carbonyl (C=O) groups excluding carboxylic acids is 1. The van der Waals surface area contributed by atoms with Gasteiger partial charge in [0.25, 0.3) is 5.91 Å². The van der Waals surface area contributed by atoms with Gasteiger partial charge in [-0.25, -0.2) is 9.97 Å². The monoisotopic (exact) mass is 533 g/mol. The van der Waals surface area contributed by atoms with Crippen LogP contribution in [-0.4, -0.2) is 62.2 Å². The van der Waals surface area contributed by atoms with E-state index in [1.165, 1.54) is 6.33 Å². The van der Waals surface area contributed by atoms with Gasteiger partial charge in [0.05, 0.1) is 30.1 Å². The molecule has 0 aliphatic rings. The number of carbonyl (C=O) groups is 1. The molecule has 1 amide bonds. The molecule has 3 N–H and O–H groups in total. The zero-order chi connectivity index (χ0) is 28.0. The predicted molar refractivity (Wildman–Crippen MR) is 152 cm³/mol. The standard InChI is InChI=1S/C29H35N5O5/c1-5-7-24(23(30)6-2)34-29(35)21-10-8-20(9-11-21)18-31-28-22-16-26(38-14-12-36-3)27(39-15-13-37-4)17-25(22)32-19-33-28/h5,7-11,16-17,19,30H,1,6,12-15,18H2,2-4H3,(H,34,35)(H,31,32,33)/b24-7+,30-23?. The number of nitrogens with one attached hydrogen (secondary N) is 3. The number of anilines is 1. The summed E-state index contributed by atoms with van der Waals surface area (Å²) in [5, 5.41) is 14.9. The van der Waals surface area contributed by atoms with Crippen molar-refractivity contribution in [3.05, 3.63) is 78.3 Å². The molecule has 2 aromatic carbocycles. The van der Waals surface area contributed by atoms with Crippen LogP contribution in [0.4, 0.5) is 5.82 Å². The summed E-state index contributed by atoms with van der Waals surface area (Å²) in [7, 11) is 3.23. The molecule has 10 nitrogen and oxygen atoms in total. The zero-order valence-corrected chi connectivity index (χ0v) is 22.6. The highest BCUT2D eigenvalue weighted by Crippen LogP contribution is 2.34. The number of hydrogen-bond donors (Lipinski definition) is 3. The Morgan fingerprint density at radius 2 is 1.67 bits per heavy atom. The molecule has 3 aromatic rings. The SMILES string of the molecule is C=C/C=C(/NC(=O)c1ccc(CNc2ncnc3cc(OCCOC)c(OCCOC)cc23)cc1)C(=N)CC. The molecule has 1 heterocycles. The van der Waals surface area contributed by atoms with Gasteiger partial charge in [-0.3, -0.25) is 4.79 Å². The quantitative estimate of drug-likeness (QED) is 0.139. The number of hydrogen-bond acceptors (Lipinski definition) is 9. The van der Waals surface area contributed by atoms with Crippen molar-refractivity contribution in [1.82, 2.24) is 15.3 Å². The third-order valence-electron chi connectivity index (χ3n) is 5.68. The van der Waals surface area contributed by atoms with Crippen LogP contribution in [-0.2, 0) is 16.0 Å². The first-order chi connectivity index (χ1) is 19.0. The number of allylic oxidation sites excluding steroid dienone is 3. The van der Waals surface area contributed by atoms with Crippen molar-refractivity contribution in [2.24, 2.45) is 0 Å². The lowest BCUT2D eigenvalue weighted by Gasteiger charge is -2.15. The lowest BCUT2D eigenvalue weighted by molar-refractivity contribution is 0.0967. The zero-order valence-electron chi connectivity index (χ0n) is 22.6. The van der Waals surface area contributed by atoms with Crippen LogP contribution in [0.3, 0.4) is 0 Å². The molecule has 39 heavy (non-hydrogen) atoms. The van der Waals surface area contributed by atoms with E-state index in [-0.39, 0.29) is 5.91 Å². The smallest absolute Gasteiger partial charge is 0.255 e. The minimum absolute atomic E-state index is 0.285. The predicted octanol–water partition coefficient (Wildman–Crippen LogP) is 4.52. The third kappa shape index (κ3) is 8.36. The van der Waals surface area contributed by atoms with E-state index in [4.69, 9.17) is 24.4 Å². The Labute approximate surface area is 228 Å². The van der Waals surface area contributed by atoms with Gasteiger partial charge in [0.15, 0.2) is 11.5 Å². The molecule has 0 saturated carbocycles. The van der Waals surface area contributed by atoms with Gasteiger partial charge in [0, 0.05) is 37.8 Å². The highest BCUT2D eigenvalue weighted by molar-refractivity contribution is 6.04. The molecule has 0 bridgehead atoms. The molecule has 0 aliphatic heterocycles. The Morgan fingerprint density at radius 3 is 2.28 bits per heavy atom. The Morgan fingerprint density at radius 1 is 1.00 bits per heavy atom. The highest BCUT2D eigenvalue weighted by Gasteiger charge is 2.14. The normalized spacial score (nSPS) is 11.2. The van der Waals surface area contributed by atoms with Crippen LogP contribution >= 0.6 is 0 Å². The van der Waals surface area contributed by atoms with Crippen LogP contribution in [0, 0.1) is 5.41 Å². The van der Waals surface area contributed by atoms with E-state index in [1.807, 2.05) is 31.2 Å². The minimum Gasteiger partial charge on any atom is -0.487 e. The molecular formula is C29H35N5O5. The van der Waals surface area contributed by atoms with Gasteiger partial charge in [0.1, 0.15) is 25.4 Å². The van der Waals surface area contributed by atoms with Crippen LogP contribution in [0.1, 0.15) is 29.3 Å². The van der Waals surface area contributed by atoms with Crippen molar-refractivity contribution >= 4 is 28.3 Å². The number of rotatable bonds is 16. The Bertz CT molecular complexity index is 1310. The van der Waals surface area contributed by atoms with Gasteiger partial charge in [-0.2, -0.15) is 0 Å². The first-order valence-corrected chi connectivity index (χ1v) is 12.6. The van der Waals surface area contributed by atoms with Crippen LogP contribution in [0.2, 0.25) is 0 Å². The number of methoxy groups -OCH3 is 2. The van der Waals surface area contributed by atoms with Crippen molar-refractivity contribution < 1.29 is 23.7 Å². The van der Waals surface area contributed by atoms with Crippen molar-refractivity contribution in [1.29, 1.82) is 5.41 Å². The summed E-state index contributed by atoms with van der Waals surface area (Å²) in [4.78, 5) is 21.5. The summed E-state index contributed by atoms with van der Waals surface area (Å²) < 4.78 is 21.9. The molecule has 0 unspecified atom stereocenters. The maximum absolute atomic E-state index is 12.7. The van der Waals surface area contributed by atoms with Gasteiger partial charge in [-0.1, -0.05) is 31.7 Å². The fourth-order valence-electron chi connectivity index (χ4n) is 3.58. The second-order valence-corrected chi connectivity index (χ2v) is 8.37. The van der Waals surface area contributed by atoms with E-state index in [0.717, 1.165) is 10.9 Å². The molecule has 1 aromatic heterocycles. The second kappa shape index (κ2) is 15.2. The summed E-state index contributed by atoms with van der Waals surface area (Å²) in [6.45, 7) is 7.61. The van der Waals surface area contributed by atoms with E-state index in [2.05, 4.69) is 27.2 Å². The second-order valence-electron chi connectivity index (χ2n) is 8.37. The number of aromatic nitrogens is 2. The third-order valence-corrected chi connectivity index (χ3v) is 5.68. The van der Waals surface area contributed by atoms with E-state index in [0.29, 0.717) is 79.2 Å². The van der Waals surface area contributed by atoms with Crippen LogP contribution in [0.5, 0.6) is 11.5 Å². The van der Waals surface area contributed by atoms with Gasteiger partial charge in [-0.15, -0.1) is 0 Å². The molecule has 3 rings (SSSR count). The van der Waals surface area contributed by atoms with E-state index < -0.39 is 0 Å². The highest BCUT2D eigenvalue weighted by atomic mass is 16.5. The minimum atomic E-state index is -0.285. The van der Waals surface area contributed by atoms with Crippen molar-refractivity contribution in [3.8, 4) is 11.5 Å². The number of benzene rings is 2. The van der Waals surface area contributed by atoms with Crippen LogP contribution in [0.25, 0.3) is 10.9 Å². The fraction of sp³-hybridized carbons (Fsp3) is 0.310. The molecule has 0 radical (unpaired) electrons. The largest absolute Gasteiger partial charge is 0.487 e. The van der Waals surface area contributed by atoms with Crippen LogP contribution in [0.15, 0.2) is 67.2 Å². The molecule has 10 heteroatoms. The Balaban J connectivity index is 1.74. The molecule has 0 fully saturated rings. The molecule has 0 spiro atoms. The van der Waals surface area contributed by atoms with Gasteiger partial charge < -0.3 is 35.0 Å². The number of fused-ring (bicyclic) bond motifs is 1. The lowest BCUT2D eigenvalue weighted by atomic mass is 10.1. The topological polar surface area (TPSA) is 128 Å². The Kier molecular flexibility index (Phi) is 11.4. The number of amides is 1. The number of nitrogens with zero attached hydrogens (tertiary/aromatic N) is 2. The molecule has 0 atom stereocenters. The van der Waals surface area contributed by atoms with E-state index >= 15 is 0 Å². The maximum atomic E-state index is 12.7. The maximum Gasteiger partial charge on any atom is 0.255 e. The summed E-state index contributed by atoms with van der Waals surface area (Å²) in [5.41, 5.74) is 2.92. The summed E-state index contributed by atoms with van der Waals surface area (Å²) in [6.07, 6.45) is 5.17. The van der Waals surface area contributed by atoms with Crippen LogP contribution < -0.4 is 20.1 Å². The van der Waals surface area contributed by atoms with Crippen molar-refractivity contribution in [2.75, 3.05) is 46.0 Å². The van der Waals surface area contributed by atoms with Gasteiger partial charge >= 0.3 is 0 Å². The first-order valence-electron chi connectivity index (χ1n) is 12.6. The molecule has 0 saturated heterocycles. The van der Waals surface area contributed by atoms with Crippen molar-refractivity contribution in [2.45, 2.75) is 19.9 Å². The van der Waals surface area contributed by atoms with Gasteiger partial charge in [-0.05, 0) is 36.3 Å². The van der Waals surface area contributed by atoms with E-state index in [1.54, 1.807) is 38.5 Å². The summed E-state index contributed by atoms with van der Waals surface area (Å²) in [6, 6.07) is 10.9. The molecular weight excluding hydrogens is 498 g/mol. The Hall–Kier alpha value is -4.28. The summed E-state index contributed by atoms with van der Waals surface area (Å²) in [5.74, 6) is 1.48. The average Bonchev–Trinajstić information content (AvgIpc) is 2.96. The lowest BCUT2D eigenvalue weighted by Crippen LogP contribution is -2.26. The molecule has 0 aliphatic carbocycles.